The SMILES string of the molecule is CCCCCCCCCCCCC(C#N)(CCCC(CCc1ccc(OC)cc1)N=NC)c1ccc(OC)cc1.Cl. The van der Waals surface area contributed by atoms with Gasteiger partial charge in [-0.25, -0.2) is 0 Å². The number of nitriles is 1. The van der Waals surface area contributed by atoms with Crippen molar-refractivity contribution in [3.05, 3.63) is 59.7 Å². The van der Waals surface area contributed by atoms with Crippen LogP contribution in [-0.4, -0.2) is 27.3 Å². The van der Waals surface area contributed by atoms with Gasteiger partial charge in [0.2, 0.25) is 0 Å². The zero-order valence-corrected chi connectivity index (χ0v) is 26.9. The average Bonchev–Trinajstić information content (AvgIpc) is 3.00. The molecule has 0 heterocycles. The molecule has 0 bridgehead atoms. The van der Waals surface area contributed by atoms with E-state index in [2.05, 4.69) is 47.5 Å². The van der Waals surface area contributed by atoms with E-state index in [-0.39, 0.29) is 18.4 Å². The smallest absolute Gasteiger partial charge is 0.118 e. The highest BCUT2D eigenvalue weighted by molar-refractivity contribution is 5.85. The monoisotopic (exact) mass is 583 g/mol. The van der Waals surface area contributed by atoms with Crippen LogP contribution >= 0.6 is 12.4 Å². The summed E-state index contributed by atoms with van der Waals surface area (Å²) in [6.45, 7) is 2.27. The van der Waals surface area contributed by atoms with Crippen molar-refractivity contribution < 1.29 is 9.47 Å². The first-order chi connectivity index (χ1) is 19.6. The van der Waals surface area contributed by atoms with Gasteiger partial charge in [-0.15, -0.1) is 12.4 Å². The van der Waals surface area contributed by atoms with Gasteiger partial charge in [-0.1, -0.05) is 95.4 Å². The highest BCUT2D eigenvalue weighted by Gasteiger charge is 2.31. The summed E-state index contributed by atoms with van der Waals surface area (Å²) in [5.74, 6) is 1.71. The van der Waals surface area contributed by atoms with Gasteiger partial charge in [-0.3, -0.25) is 0 Å². The number of hydrogen-bond acceptors (Lipinski definition) is 5. The van der Waals surface area contributed by atoms with E-state index in [0.717, 1.165) is 62.0 Å². The molecule has 0 aliphatic rings. The van der Waals surface area contributed by atoms with Gasteiger partial charge in [0.1, 0.15) is 11.5 Å². The summed E-state index contributed by atoms with van der Waals surface area (Å²) >= 11 is 0. The molecule has 2 aromatic rings. The van der Waals surface area contributed by atoms with E-state index in [1.54, 1.807) is 21.3 Å². The minimum absolute atomic E-state index is 0. The number of halogens is 1. The topological polar surface area (TPSA) is 67.0 Å². The van der Waals surface area contributed by atoms with Crippen LogP contribution in [0, 0.1) is 11.3 Å². The first kappa shape index (κ1) is 36.4. The van der Waals surface area contributed by atoms with Crippen LogP contribution in [0.2, 0.25) is 0 Å². The summed E-state index contributed by atoms with van der Waals surface area (Å²) in [7, 11) is 5.13. The fraction of sp³-hybridized carbons (Fsp3) is 0.629. The molecule has 0 spiro atoms. The van der Waals surface area contributed by atoms with Crippen LogP contribution in [-0.2, 0) is 11.8 Å². The summed E-state index contributed by atoms with van der Waals surface area (Å²) in [4.78, 5) is 0. The molecule has 0 aromatic heterocycles. The third kappa shape index (κ3) is 13.8. The lowest BCUT2D eigenvalue weighted by Gasteiger charge is -2.28. The van der Waals surface area contributed by atoms with E-state index in [9.17, 15) is 5.26 Å². The lowest BCUT2D eigenvalue weighted by Crippen LogP contribution is -2.25. The summed E-state index contributed by atoms with van der Waals surface area (Å²) in [6.07, 6.45) is 18.5. The lowest BCUT2D eigenvalue weighted by molar-refractivity contribution is 0.397. The van der Waals surface area contributed by atoms with Crippen molar-refractivity contribution in [2.24, 2.45) is 10.2 Å². The predicted octanol–water partition coefficient (Wildman–Crippen LogP) is 10.5. The Bertz CT molecular complexity index is 988. The minimum Gasteiger partial charge on any atom is -0.497 e. The van der Waals surface area contributed by atoms with Crippen molar-refractivity contribution in [2.45, 2.75) is 121 Å². The van der Waals surface area contributed by atoms with Crippen LogP contribution in [0.4, 0.5) is 0 Å². The Morgan fingerprint density at radius 2 is 1.24 bits per heavy atom. The van der Waals surface area contributed by atoms with Gasteiger partial charge in [-0.05, 0) is 73.9 Å². The van der Waals surface area contributed by atoms with E-state index >= 15 is 0 Å². The molecular weight excluding hydrogens is 530 g/mol. The normalized spacial score (nSPS) is 13.2. The maximum atomic E-state index is 10.5. The Kier molecular flexibility index (Phi) is 19.6. The van der Waals surface area contributed by atoms with Crippen LogP contribution in [0.3, 0.4) is 0 Å². The largest absolute Gasteiger partial charge is 0.497 e. The van der Waals surface area contributed by atoms with Gasteiger partial charge in [0.15, 0.2) is 0 Å². The molecule has 5 nitrogen and oxygen atoms in total. The second-order valence-corrected chi connectivity index (χ2v) is 11.1. The maximum absolute atomic E-state index is 10.5. The Hall–Kier alpha value is -2.58. The van der Waals surface area contributed by atoms with Gasteiger partial charge in [-0.2, -0.15) is 15.5 Å². The van der Waals surface area contributed by atoms with E-state index in [4.69, 9.17) is 9.47 Å². The summed E-state index contributed by atoms with van der Waals surface area (Å²) in [5.41, 5.74) is 1.91. The van der Waals surface area contributed by atoms with E-state index in [1.165, 1.54) is 63.4 Å². The molecule has 2 rings (SSSR count). The van der Waals surface area contributed by atoms with Crippen molar-refractivity contribution in [2.75, 3.05) is 21.3 Å². The quantitative estimate of drug-likeness (QED) is 0.102. The van der Waals surface area contributed by atoms with Crippen molar-refractivity contribution in [1.82, 2.24) is 0 Å². The minimum atomic E-state index is -0.476. The molecule has 2 aromatic carbocycles. The summed E-state index contributed by atoms with van der Waals surface area (Å²) in [5, 5.41) is 19.2. The highest BCUT2D eigenvalue weighted by atomic mass is 35.5. The molecule has 2 unspecified atom stereocenters. The van der Waals surface area contributed by atoms with Crippen molar-refractivity contribution in [1.29, 1.82) is 5.26 Å². The number of unbranched alkanes of at least 4 members (excludes halogenated alkanes) is 9. The Morgan fingerprint density at radius 1 is 0.732 bits per heavy atom. The van der Waals surface area contributed by atoms with Crippen molar-refractivity contribution >= 4 is 12.4 Å². The molecule has 0 amide bonds. The molecule has 0 aliphatic carbocycles. The number of azo groups is 1. The molecule has 0 radical (unpaired) electrons. The number of hydrogen-bond donors (Lipinski definition) is 0. The first-order valence-corrected chi connectivity index (χ1v) is 15.6. The second-order valence-electron chi connectivity index (χ2n) is 11.1. The molecule has 228 valence electrons. The maximum Gasteiger partial charge on any atom is 0.118 e. The van der Waals surface area contributed by atoms with Crippen LogP contribution in [0.1, 0.15) is 114 Å². The number of rotatable bonds is 22. The molecule has 0 aliphatic heterocycles. The number of ether oxygens (including phenoxy) is 2. The summed E-state index contributed by atoms with van der Waals surface area (Å²) in [6, 6.07) is 19.3. The van der Waals surface area contributed by atoms with Gasteiger partial charge >= 0.3 is 0 Å². The van der Waals surface area contributed by atoms with Gasteiger partial charge in [0, 0.05) is 7.05 Å². The zero-order valence-electron chi connectivity index (χ0n) is 26.1. The molecule has 2 atom stereocenters. The predicted molar refractivity (Wildman–Crippen MR) is 174 cm³/mol. The third-order valence-electron chi connectivity index (χ3n) is 8.16. The van der Waals surface area contributed by atoms with Crippen molar-refractivity contribution in [3.63, 3.8) is 0 Å². The molecule has 0 fully saturated rings. The third-order valence-corrected chi connectivity index (χ3v) is 8.16. The summed E-state index contributed by atoms with van der Waals surface area (Å²) < 4.78 is 10.7. The van der Waals surface area contributed by atoms with Crippen molar-refractivity contribution in [3.8, 4) is 17.6 Å². The Balaban J connectivity index is 0.00000840. The average molecular weight is 584 g/mol. The van der Waals surface area contributed by atoms with Gasteiger partial charge in [0.25, 0.3) is 0 Å². The number of nitrogens with zero attached hydrogens (tertiary/aromatic N) is 3. The first-order valence-electron chi connectivity index (χ1n) is 15.6. The van der Waals surface area contributed by atoms with Crippen LogP contribution in [0.25, 0.3) is 0 Å². The van der Waals surface area contributed by atoms with Crippen LogP contribution < -0.4 is 9.47 Å². The number of aryl methyl sites for hydroxylation is 1. The molecular formula is C35H54ClN3O2. The van der Waals surface area contributed by atoms with E-state index < -0.39 is 5.41 Å². The molecule has 0 saturated carbocycles. The number of benzene rings is 2. The molecule has 0 saturated heterocycles. The standard InChI is InChI=1S/C35H53N3O2.ClH/c1-5-6-7-8-9-10-11-12-13-14-27-35(29-36,31-20-25-34(40-4)26-21-31)28-15-16-32(38-37-2)22-17-30-18-23-33(39-3)24-19-30;/h18-21,23-26,32H,5-17,22,27-28H2,1-4H3;1H. The Labute approximate surface area is 256 Å². The molecule has 6 heteroatoms. The fourth-order valence-electron chi connectivity index (χ4n) is 5.60. The van der Waals surface area contributed by atoms with Crippen LogP contribution in [0.5, 0.6) is 11.5 Å². The highest BCUT2D eigenvalue weighted by Crippen LogP contribution is 2.36. The zero-order chi connectivity index (χ0) is 28.9. The second kappa shape index (κ2) is 22.1. The van der Waals surface area contributed by atoms with E-state index in [1.807, 2.05) is 24.3 Å². The van der Waals surface area contributed by atoms with Gasteiger partial charge < -0.3 is 9.47 Å². The lowest BCUT2D eigenvalue weighted by atomic mass is 9.73. The Morgan fingerprint density at radius 3 is 1.76 bits per heavy atom. The van der Waals surface area contributed by atoms with Gasteiger partial charge in [0.05, 0.1) is 31.7 Å². The fourth-order valence-corrected chi connectivity index (χ4v) is 5.60. The van der Waals surface area contributed by atoms with Crippen LogP contribution in [0.15, 0.2) is 58.8 Å². The molecule has 41 heavy (non-hydrogen) atoms. The molecule has 0 N–H and O–H groups in total. The van der Waals surface area contributed by atoms with E-state index in [0.29, 0.717) is 0 Å². The number of methoxy groups -OCH3 is 2.